The predicted octanol–water partition coefficient (Wildman–Crippen LogP) is 5.59. The van der Waals surface area contributed by atoms with Gasteiger partial charge < -0.3 is 4.74 Å². The molecule has 0 unspecified atom stereocenters. The smallest absolute Gasteiger partial charge is 0.319 e. The Labute approximate surface area is 212 Å². The van der Waals surface area contributed by atoms with Crippen LogP contribution in [0.5, 0.6) is 5.88 Å². The van der Waals surface area contributed by atoms with Crippen LogP contribution in [0.3, 0.4) is 0 Å². The van der Waals surface area contributed by atoms with Gasteiger partial charge in [0, 0.05) is 28.6 Å². The Hall–Kier alpha value is -4.02. The summed E-state index contributed by atoms with van der Waals surface area (Å²) in [7, 11) is -2.79. The lowest BCUT2D eigenvalue weighted by Crippen LogP contribution is -2.03. The van der Waals surface area contributed by atoms with Gasteiger partial charge in [0.1, 0.15) is 0 Å². The number of amides is 1. The first-order valence-electron chi connectivity index (χ1n) is 10.4. The Bertz CT molecular complexity index is 1440. The van der Waals surface area contributed by atoms with Gasteiger partial charge in [-0.2, -0.15) is 8.42 Å². The van der Waals surface area contributed by atoms with Crippen molar-refractivity contribution < 1.29 is 26.7 Å². The molecule has 3 aromatic carbocycles. The molecule has 0 saturated heterocycles. The molecule has 36 heavy (non-hydrogen) atoms. The van der Waals surface area contributed by atoms with Crippen molar-refractivity contribution in [3.8, 4) is 17.1 Å². The molecule has 0 spiro atoms. The molecule has 0 aliphatic rings. The average molecular weight is 530 g/mol. The summed E-state index contributed by atoms with van der Waals surface area (Å²) >= 11 is 5.86. The molecule has 1 amide bonds. The van der Waals surface area contributed by atoms with Crippen LogP contribution in [-0.2, 0) is 16.9 Å². The second kappa shape index (κ2) is 13.2. The molecule has 7 nitrogen and oxygen atoms in total. The van der Waals surface area contributed by atoms with Crippen LogP contribution in [0.1, 0.15) is 15.9 Å². The molecule has 0 atom stereocenters. The minimum absolute atomic E-state index is 0.145. The van der Waals surface area contributed by atoms with Crippen LogP contribution < -0.4 is 4.74 Å². The molecule has 0 bridgehead atoms. The maximum Gasteiger partial charge on any atom is 0.319 e. The van der Waals surface area contributed by atoms with Gasteiger partial charge in [0.15, 0.2) is 11.6 Å². The third-order valence-electron chi connectivity index (χ3n) is 4.58. The zero-order valence-corrected chi connectivity index (χ0v) is 20.1. The van der Waals surface area contributed by atoms with E-state index in [1.807, 2.05) is 24.3 Å². The van der Waals surface area contributed by atoms with Gasteiger partial charge in [-0.1, -0.05) is 52.4 Å². The second-order valence-electron chi connectivity index (χ2n) is 7.09. The summed E-state index contributed by atoms with van der Waals surface area (Å²) in [5.41, 5.74) is 2.37. The highest BCUT2D eigenvalue weighted by Gasteiger charge is 2.08. The molecule has 4 aromatic rings. The van der Waals surface area contributed by atoms with E-state index >= 15 is 0 Å². The molecule has 4 rings (SSSR count). The van der Waals surface area contributed by atoms with Gasteiger partial charge in [0.2, 0.25) is 5.88 Å². The Kier molecular flexibility index (Phi) is 9.73. The highest BCUT2D eigenvalue weighted by Crippen LogP contribution is 2.20. The van der Waals surface area contributed by atoms with Crippen molar-refractivity contribution in [1.29, 1.82) is 0 Å². The summed E-state index contributed by atoms with van der Waals surface area (Å²) in [4.78, 5) is 11.7. The van der Waals surface area contributed by atoms with Crippen LogP contribution in [0.25, 0.3) is 11.3 Å². The lowest BCUT2D eigenvalue weighted by molar-refractivity contribution is 0.100. The van der Waals surface area contributed by atoms with E-state index in [0.29, 0.717) is 35.2 Å². The predicted molar refractivity (Wildman–Crippen MR) is 130 cm³/mol. The fourth-order valence-electron chi connectivity index (χ4n) is 2.85. The molecule has 0 aliphatic carbocycles. The average Bonchev–Trinajstić information content (AvgIpc) is 2.87. The maximum atomic E-state index is 11.9. The molecule has 184 valence electrons. The summed E-state index contributed by atoms with van der Waals surface area (Å²) in [6.07, 6.45) is 0.704. The van der Waals surface area contributed by atoms with E-state index in [0.717, 1.165) is 17.7 Å². The Morgan fingerprint density at radius 3 is 2.17 bits per heavy atom. The fraction of sp³-hybridized carbons (Fsp3) is 0.0800. The van der Waals surface area contributed by atoms with Gasteiger partial charge in [-0.3, -0.25) is 4.79 Å². The first-order valence-corrected chi connectivity index (χ1v) is 11.8. The molecular formula is C25H18ClF2N3O4S. The van der Waals surface area contributed by atoms with Gasteiger partial charge in [-0.05, 0) is 48.0 Å². The van der Waals surface area contributed by atoms with Crippen molar-refractivity contribution in [2.75, 3.05) is 6.61 Å². The van der Waals surface area contributed by atoms with E-state index in [1.165, 1.54) is 24.3 Å². The number of hydrogen-bond donors (Lipinski definition) is 0. The minimum atomic E-state index is -2.79. The summed E-state index contributed by atoms with van der Waals surface area (Å²) in [5, 5.41) is 8.80. The number of benzene rings is 3. The van der Waals surface area contributed by atoms with Crippen LogP contribution in [-0.4, -0.2) is 31.1 Å². The van der Waals surface area contributed by atoms with E-state index in [9.17, 15) is 22.0 Å². The molecule has 1 heterocycles. The topological polar surface area (TPSA) is 98.6 Å². The Morgan fingerprint density at radius 1 is 0.889 bits per heavy atom. The number of nitrogens with zero attached hydrogens (tertiary/aromatic N) is 3. The first-order chi connectivity index (χ1) is 17.3. The molecule has 11 heteroatoms. The number of carbonyl (C=O) groups is 1. The van der Waals surface area contributed by atoms with Crippen molar-refractivity contribution in [2.24, 2.45) is 4.36 Å². The fourth-order valence-corrected chi connectivity index (χ4v) is 3.21. The number of halogens is 3. The highest BCUT2D eigenvalue weighted by atomic mass is 35.5. The summed E-state index contributed by atoms with van der Waals surface area (Å²) < 4.78 is 53.5. The number of hydrogen-bond acceptors (Lipinski definition) is 6. The monoisotopic (exact) mass is 529 g/mol. The molecule has 0 aliphatic heterocycles. The van der Waals surface area contributed by atoms with Crippen molar-refractivity contribution >= 4 is 28.0 Å². The van der Waals surface area contributed by atoms with Gasteiger partial charge in [-0.25, -0.2) is 8.78 Å². The molecule has 1 aromatic heterocycles. The molecule has 0 N–H and O–H groups in total. The van der Waals surface area contributed by atoms with Crippen LogP contribution in [0, 0.1) is 11.6 Å². The first kappa shape index (κ1) is 26.6. The van der Waals surface area contributed by atoms with Crippen molar-refractivity contribution in [3.05, 3.63) is 113 Å². The van der Waals surface area contributed by atoms with E-state index in [4.69, 9.17) is 16.3 Å². The van der Waals surface area contributed by atoms with Gasteiger partial charge in [0.25, 0.3) is 5.91 Å². The Balaban J connectivity index is 0.000000383. The lowest BCUT2D eigenvalue weighted by Gasteiger charge is -2.06. The zero-order chi connectivity index (χ0) is 25.9. The van der Waals surface area contributed by atoms with Crippen molar-refractivity contribution in [2.45, 2.75) is 6.42 Å². The van der Waals surface area contributed by atoms with Crippen LogP contribution >= 0.6 is 11.6 Å². The van der Waals surface area contributed by atoms with Crippen molar-refractivity contribution in [3.63, 3.8) is 0 Å². The number of rotatable bonds is 6. The summed E-state index contributed by atoms with van der Waals surface area (Å²) in [6, 6.07) is 22.3. The number of aromatic nitrogens is 2. The number of carbonyl (C=O) groups excluding carboxylic acids is 1. The minimum Gasteiger partial charge on any atom is -0.476 e. The van der Waals surface area contributed by atoms with E-state index < -0.39 is 28.0 Å². The van der Waals surface area contributed by atoms with Crippen LogP contribution in [0.15, 0.2) is 89.3 Å². The maximum absolute atomic E-state index is 11.9. The standard InChI is InChI=1S/C19H14ClN3O4S.C6H4F2/c20-16-6-4-13(5-7-16)10-11-27-18-9-8-17(21-22-18)14-2-1-3-15(12-14)19(24)23-28(25)26;7-5-3-1-2-4-6(5)8/h1-9,12H,10-11H2;1-4H. The second-order valence-corrected chi connectivity index (χ2v) is 8.14. The third kappa shape index (κ3) is 8.33. The lowest BCUT2D eigenvalue weighted by atomic mass is 10.1. The van der Waals surface area contributed by atoms with Gasteiger partial charge in [0.05, 0.1) is 12.3 Å². The van der Waals surface area contributed by atoms with Crippen molar-refractivity contribution in [1.82, 2.24) is 10.2 Å². The van der Waals surface area contributed by atoms with Gasteiger partial charge in [-0.15, -0.1) is 10.2 Å². The summed E-state index contributed by atoms with van der Waals surface area (Å²) in [6.45, 7) is 0.438. The zero-order valence-electron chi connectivity index (χ0n) is 18.5. The number of ether oxygens (including phenoxy) is 1. The quantitative estimate of drug-likeness (QED) is 0.323. The van der Waals surface area contributed by atoms with E-state index in [1.54, 1.807) is 24.3 Å². The molecule has 0 radical (unpaired) electrons. The van der Waals surface area contributed by atoms with Crippen LogP contribution in [0.4, 0.5) is 8.78 Å². The Morgan fingerprint density at radius 2 is 1.58 bits per heavy atom. The SMILES string of the molecule is Fc1ccccc1F.O=C(N=S(=O)=O)c1cccc(-c2ccc(OCCc3ccc(Cl)cc3)nn2)c1. The van der Waals surface area contributed by atoms with Crippen LogP contribution in [0.2, 0.25) is 5.02 Å². The summed E-state index contributed by atoms with van der Waals surface area (Å²) in [5.74, 6) is -2.06. The normalized spacial score (nSPS) is 10.1. The third-order valence-corrected chi connectivity index (χ3v) is 5.15. The van der Waals surface area contributed by atoms with E-state index in [2.05, 4.69) is 14.6 Å². The molecule has 0 saturated carbocycles. The largest absolute Gasteiger partial charge is 0.476 e. The molecule has 0 fully saturated rings. The highest BCUT2D eigenvalue weighted by molar-refractivity contribution is 7.62. The molecular weight excluding hydrogens is 512 g/mol. The van der Waals surface area contributed by atoms with E-state index in [-0.39, 0.29) is 5.56 Å². The van der Waals surface area contributed by atoms with Gasteiger partial charge >= 0.3 is 10.5 Å².